The molecular formula is C17H21N3OS. The summed E-state index contributed by atoms with van der Waals surface area (Å²) < 4.78 is 0. The number of anilines is 1. The van der Waals surface area contributed by atoms with E-state index in [1.54, 1.807) is 11.3 Å². The van der Waals surface area contributed by atoms with Crippen LogP contribution < -0.4 is 5.32 Å². The number of carbonyl (C=O) groups excluding carboxylic acids is 1. The van der Waals surface area contributed by atoms with Crippen LogP contribution >= 0.6 is 11.3 Å². The zero-order chi connectivity index (χ0) is 15.7. The van der Waals surface area contributed by atoms with Crippen molar-refractivity contribution in [3.05, 3.63) is 46.0 Å². The first kappa shape index (κ1) is 15.2. The van der Waals surface area contributed by atoms with Crippen LogP contribution in [0.4, 0.5) is 5.13 Å². The maximum atomic E-state index is 12.3. The first-order valence-corrected chi connectivity index (χ1v) is 8.45. The number of nitrogens with zero attached hydrogens (tertiary/aromatic N) is 2. The number of hydrogen-bond donors (Lipinski definition) is 1. The molecule has 0 atom stereocenters. The van der Waals surface area contributed by atoms with Crippen molar-refractivity contribution in [2.24, 2.45) is 0 Å². The highest BCUT2D eigenvalue weighted by Crippen LogP contribution is 2.29. The highest BCUT2D eigenvalue weighted by atomic mass is 32.1. The molecule has 1 amide bonds. The van der Waals surface area contributed by atoms with Gasteiger partial charge in [-0.1, -0.05) is 17.7 Å². The molecule has 2 heterocycles. The monoisotopic (exact) mass is 315 g/mol. The molecule has 1 N–H and O–H groups in total. The number of fused-ring (bicyclic) bond motifs is 1. The zero-order valence-electron chi connectivity index (χ0n) is 13.2. The van der Waals surface area contributed by atoms with Gasteiger partial charge < -0.3 is 0 Å². The van der Waals surface area contributed by atoms with Crippen LogP contribution in [0.2, 0.25) is 0 Å². The molecule has 0 bridgehead atoms. The Hall–Kier alpha value is -1.72. The Morgan fingerprint density at radius 3 is 2.95 bits per heavy atom. The molecule has 0 saturated heterocycles. The predicted octanol–water partition coefficient (Wildman–Crippen LogP) is 3.47. The van der Waals surface area contributed by atoms with Gasteiger partial charge in [0.25, 0.3) is 5.91 Å². The van der Waals surface area contributed by atoms with Crippen LogP contribution in [0.3, 0.4) is 0 Å². The Bertz CT molecular complexity index is 693. The Labute approximate surface area is 135 Å². The average Bonchev–Trinajstić information content (AvgIpc) is 2.88. The molecule has 0 spiro atoms. The lowest BCUT2D eigenvalue weighted by molar-refractivity contribution is 0.102. The molecule has 3 rings (SSSR count). The molecule has 0 saturated carbocycles. The van der Waals surface area contributed by atoms with Gasteiger partial charge in [0.2, 0.25) is 0 Å². The molecule has 1 aliphatic rings. The van der Waals surface area contributed by atoms with E-state index in [9.17, 15) is 4.79 Å². The molecule has 0 unspecified atom stereocenters. The molecule has 2 aromatic rings. The van der Waals surface area contributed by atoms with Crippen molar-refractivity contribution in [1.29, 1.82) is 0 Å². The van der Waals surface area contributed by atoms with E-state index in [0.717, 1.165) is 30.8 Å². The van der Waals surface area contributed by atoms with Gasteiger partial charge in [0.05, 0.1) is 5.69 Å². The summed E-state index contributed by atoms with van der Waals surface area (Å²) in [6.45, 7) is 8.39. The normalized spacial score (nSPS) is 14.9. The Morgan fingerprint density at radius 1 is 1.41 bits per heavy atom. The minimum absolute atomic E-state index is 0.0875. The first-order valence-electron chi connectivity index (χ1n) is 7.63. The van der Waals surface area contributed by atoms with Gasteiger partial charge in [-0.15, -0.1) is 11.3 Å². The lowest BCUT2D eigenvalue weighted by atomic mass is 10.1. The minimum atomic E-state index is -0.0875. The molecule has 1 aromatic carbocycles. The number of aryl methyl sites for hydroxylation is 1. The fourth-order valence-corrected chi connectivity index (χ4v) is 3.69. The second-order valence-corrected chi connectivity index (χ2v) is 7.11. The topological polar surface area (TPSA) is 45.2 Å². The van der Waals surface area contributed by atoms with E-state index in [4.69, 9.17) is 0 Å². The molecule has 22 heavy (non-hydrogen) atoms. The van der Waals surface area contributed by atoms with E-state index in [-0.39, 0.29) is 5.91 Å². The smallest absolute Gasteiger partial charge is 0.257 e. The highest BCUT2D eigenvalue weighted by Gasteiger charge is 2.22. The van der Waals surface area contributed by atoms with Crippen LogP contribution in [0.25, 0.3) is 0 Å². The summed E-state index contributed by atoms with van der Waals surface area (Å²) in [5.41, 5.74) is 2.90. The first-order chi connectivity index (χ1) is 10.5. The van der Waals surface area contributed by atoms with Crippen LogP contribution in [0.1, 0.15) is 40.3 Å². The van der Waals surface area contributed by atoms with Crippen molar-refractivity contribution in [1.82, 2.24) is 9.88 Å². The summed E-state index contributed by atoms with van der Waals surface area (Å²) in [4.78, 5) is 20.6. The van der Waals surface area contributed by atoms with Gasteiger partial charge in [0.1, 0.15) is 0 Å². The van der Waals surface area contributed by atoms with Crippen molar-refractivity contribution < 1.29 is 4.79 Å². The van der Waals surface area contributed by atoms with Crippen LogP contribution in [-0.4, -0.2) is 28.4 Å². The number of rotatable bonds is 3. The van der Waals surface area contributed by atoms with Crippen LogP contribution in [-0.2, 0) is 13.0 Å². The van der Waals surface area contributed by atoms with Crippen molar-refractivity contribution in [2.75, 3.05) is 11.9 Å². The third-order valence-corrected chi connectivity index (χ3v) is 4.99. The van der Waals surface area contributed by atoms with Gasteiger partial charge in [0.15, 0.2) is 5.13 Å². The quantitative estimate of drug-likeness (QED) is 0.943. The van der Waals surface area contributed by atoms with Gasteiger partial charge in [-0.2, -0.15) is 0 Å². The summed E-state index contributed by atoms with van der Waals surface area (Å²) >= 11 is 1.60. The highest BCUT2D eigenvalue weighted by molar-refractivity contribution is 7.15. The largest absolute Gasteiger partial charge is 0.298 e. The molecule has 4 nitrogen and oxygen atoms in total. The Balaban J connectivity index is 1.73. The Kier molecular flexibility index (Phi) is 4.27. The van der Waals surface area contributed by atoms with Gasteiger partial charge in [-0.3, -0.25) is 15.0 Å². The number of amides is 1. The van der Waals surface area contributed by atoms with Gasteiger partial charge in [-0.25, -0.2) is 4.98 Å². The lowest BCUT2D eigenvalue weighted by Gasteiger charge is -2.29. The summed E-state index contributed by atoms with van der Waals surface area (Å²) in [6, 6.07) is 8.15. The maximum absolute atomic E-state index is 12.3. The van der Waals surface area contributed by atoms with Crippen molar-refractivity contribution in [2.45, 2.75) is 39.8 Å². The third kappa shape index (κ3) is 3.20. The third-order valence-electron chi connectivity index (χ3n) is 3.99. The summed E-state index contributed by atoms with van der Waals surface area (Å²) in [6.07, 6.45) is 0.963. The number of aromatic nitrogens is 1. The van der Waals surface area contributed by atoms with Crippen molar-refractivity contribution in [3.63, 3.8) is 0 Å². The lowest BCUT2D eigenvalue weighted by Crippen LogP contribution is -2.35. The maximum Gasteiger partial charge on any atom is 0.257 e. The molecule has 0 radical (unpaired) electrons. The van der Waals surface area contributed by atoms with Crippen LogP contribution in [0, 0.1) is 6.92 Å². The van der Waals surface area contributed by atoms with Crippen LogP contribution in [0.5, 0.6) is 0 Å². The van der Waals surface area contributed by atoms with Gasteiger partial charge in [-0.05, 0) is 32.9 Å². The van der Waals surface area contributed by atoms with E-state index in [2.05, 4.69) is 29.0 Å². The molecule has 0 aliphatic carbocycles. The molecule has 1 aromatic heterocycles. The van der Waals surface area contributed by atoms with Gasteiger partial charge in [0, 0.05) is 36.0 Å². The predicted molar refractivity (Wildman–Crippen MR) is 90.5 cm³/mol. The summed E-state index contributed by atoms with van der Waals surface area (Å²) in [7, 11) is 0. The number of benzene rings is 1. The van der Waals surface area contributed by atoms with E-state index >= 15 is 0 Å². The number of thiazole rings is 1. The van der Waals surface area contributed by atoms with E-state index in [1.165, 1.54) is 4.88 Å². The average molecular weight is 315 g/mol. The standard InChI is InChI=1S/C17H21N3OS/c1-11(2)20-8-7-14-15(10-20)22-17(18-14)19-16(21)13-6-4-5-12(3)9-13/h4-6,9,11H,7-8,10H2,1-3H3,(H,18,19,21). The zero-order valence-corrected chi connectivity index (χ0v) is 14.0. The van der Waals surface area contributed by atoms with Crippen LogP contribution in [0.15, 0.2) is 24.3 Å². The number of hydrogen-bond acceptors (Lipinski definition) is 4. The second kappa shape index (κ2) is 6.18. The SMILES string of the molecule is Cc1cccc(C(=O)Nc2nc3c(s2)CN(C(C)C)CC3)c1. The molecule has 0 fully saturated rings. The summed E-state index contributed by atoms with van der Waals surface area (Å²) in [5, 5.41) is 3.65. The Morgan fingerprint density at radius 2 is 2.23 bits per heavy atom. The van der Waals surface area contributed by atoms with Gasteiger partial charge >= 0.3 is 0 Å². The minimum Gasteiger partial charge on any atom is -0.298 e. The number of carbonyl (C=O) groups is 1. The fraction of sp³-hybridized carbons (Fsp3) is 0.412. The molecule has 5 heteroatoms. The summed E-state index contributed by atoms with van der Waals surface area (Å²) in [5.74, 6) is -0.0875. The van der Waals surface area contributed by atoms with Crippen molar-refractivity contribution >= 4 is 22.4 Å². The molecular weight excluding hydrogens is 294 g/mol. The van der Waals surface area contributed by atoms with E-state index < -0.39 is 0 Å². The second-order valence-electron chi connectivity index (χ2n) is 6.03. The van der Waals surface area contributed by atoms with E-state index in [1.807, 2.05) is 31.2 Å². The molecule has 1 aliphatic heterocycles. The molecule has 116 valence electrons. The van der Waals surface area contributed by atoms with E-state index in [0.29, 0.717) is 16.7 Å². The number of nitrogens with one attached hydrogen (secondary N) is 1. The fourth-order valence-electron chi connectivity index (χ4n) is 2.67. The van der Waals surface area contributed by atoms with Crippen molar-refractivity contribution in [3.8, 4) is 0 Å².